The summed E-state index contributed by atoms with van der Waals surface area (Å²) in [5, 5.41) is 33.9. The summed E-state index contributed by atoms with van der Waals surface area (Å²) in [6.45, 7) is -0.867. The molecule has 3 atom stereocenters. The first-order valence-electron chi connectivity index (χ1n) is 12.7. The summed E-state index contributed by atoms with van der Waals surface area (Å²) in [6, 6.07) is 10.1. The van der Waals surface area contributed by atoms with Crippen LogP contribution < -0.4 is 5.32 Å². The van der Waals surface area contributed by atoms with E-state index >= 15 is 0 Å². The van der Waals surface area contributed by atoms with E-state index in [9.17, 15) is 43.3 Å². The number of amides is 2. The largest absolute Gasteiger partial charge is 0.445 e. The average molecular weight is 611 g/mol. The Bertz CT molecular complexity index is 1370. The first-order chi connectivity index (χ1) is 19.9. The Morgan fingerprint density at radius 3 is 2.00 bits per heavy atom. The van der Waals surface area contributed by atoms with E-state index < -0.39 is 50.2 Å². The van der Waals surface area contributed by atoms with E-state index in [1.54, 1.807) is 0 Å². The molecular weight excluding hydrogens is 580 g/mol. The Kier molecular flexibility index (Phi) is 11.1. The molecule has 0 saturated carbocycles. The second-order valence-electron chi connectivity index (χ2n) is 9.51. The Morgan fingerprint density at radius 2 is 1.52 bits per heavy atom. The summed E-state index contributed by atoms with van der Waals surface area (Å²) in [7, 11) is -3.86. The summed E-state index contributed by atoms with van der Waals surface area (Å²) in [4.78, 5) is 47.2. The van der Waals surface area contributed by atoms with Crippen molar-refractivity contribution in [1.82, 2.24) is 10.2 Å². The minimum Gasteiger partial charge on any atom is -0.445 e. The van der Waals surface area contributed by atoms with Gasteiger partial charge in [0.1, 0.15) is 13.2 Å². The van der Waals surface area contributed by atoms with Gasteiger partial charge in [0.25, 0.3) is 21.5 Å². The van der Waals surface area contributed by atoms with Gasteiger partial charge in [-0.25, -0.2) is 9.59 Å². The molecule has 2 N–H and O–H groups in total. The molecule has 0 bridgehead atoms. The van der Waals surface area contributed by atoms with Gasteiger partial charge in [-0.1, -0.05) is 0 Å². The van der Waals surface area contributed by atoms with Crippen LogP contribution in [0.3, 0.4) is 0 Å². The van der Waals surface area contributed by atoms with Crippen molar-refractivity contribution in [3.63, 3.8) is 0 Å². The Morgan fingerprint density at radius 1 is 1.00 bits per heavy atom. The Labute approximate surface area is 240 Å². The maximum atomic E-state index is 13.1. The number of hydrogen-bond acceptors (Lipinski definition) is 12. The standard InChI is InChI=1S/C25H30N4O12S/c1-42(37,38)41-22-12-23(27(14-22)25(32)40-16-18-4-8-21(9-5-18)29(35)36)19(10-11-30)13-26-24(31)39-15-17-2-6-20(7-3-17)28(33)34/h2-9,19,22-23,30H,10-16H2,1H3,(H,26,31)/t19?,22-,23+/m1/s1. The fourth-order valence-electron chi connectivity index (χ4n) is 4.47. The van der Waals surface area contributed by atoms with Crippen molar-refractivity contribution in [2.75, 3.05) is 26.0 Å². The third kappa shape index (κ3) is 9.64. The number of hydrogen-bond donors (Lipinski definition) is 2. The van der Waals surface area contributed by atoms with Gasteiger partial charge in [0.05, 0.1) is 28.8 Å². The van der Waals surface area contributed by atoms with Crippen LogP contribution in [0.25, 0.3) is 0 Å². The number of non-ortho nitro benzene ring substituents is 2. The number of nitro groups is 2. The third-order valence-electron chi connectivity index (χ3n) is 6.43. The fourth-order valence-corrected chi connectivity index (χ4v) is 5.10. The van der Waals surface area contributed by atoms with Gasteiger partial charge in [-0.15, -0.1) is 0 Å². The Balaban J connectivity index is 1.64. The topological polar surface area (TPSA) is 218 Å². The first kappa shape index (κ1) is 32.2. The van der Waals surface area contributed by atoms with Gasteiger partial charge >= 0.3 is 12.2 Å². The molecule has 1 aliphatic rings. The van der Waals surface area contributed by atoms with Crippen molar-refractivity contribution in [2.24, 2.45) is 5.92 Å². The van der Waals surface area contributed by atoms with Crippen molar-refractivity contribution < 1.29 is 46.6 Å². The molecule has 1 saturated heterocycles. The molecule has 1 aliphatic heterocycles. The number of nitrogens with one attached hydrogen (secondary N) is 1. The number of benzene rings is 2. The second-order valence-corrected chi connectivity index (χ2v) is 11.1. The molecule has 2 amide bonds. The Hall–Kier alpha value is -4.35. The molecular formula is C25H30N4O12S. The summed E-state index contributed by atoms with van der Waals surface area (Å²) in [5.74, 6) is -0.554. The fraction of sp³-hybridized carbons (Fsp3) is 0.440. The molecule has 1 unspecified atom stereocenters. The third-order valence-corrected chi connectivity index (χ3v) is 7.05. The number of carbonyl (C=O) groups is 2. The van der Waals surface area contributed by atoms with Crippen molar-refractivity contribution >= 4 is 33.7 Å². The SMILES string of the molecule is CS(=O)(=O)O[C@@H]1C[C@@H](C(CCO)CNC(=O)OCc2ccc([N+](=O)[O-])cc2)N(C(=O)OCc2ccc([N+](=O)[O-])cc2)C1. The number of nitro benzene ring substituents is 2. The summed E-state index contributed by atoms with van der Waals surface area (Å²) in [5.41, 5.74) is 0.760. The zero-order chi connectivity index (χ0) is 30.9. The minimum absolute atomic E-state index is 0.0535. The molecule has 0 spiro atoms. The maximum absolute atomic E-state index is 13.1. The van der Waals surface area contributed by atoms with Crippen molar-refractivity contribution in [2.45, 2.75) is 38.2 Å². The van der Waals surface area contributed by atoms with Gasteiger partial charge in [-0.05, 0) is 54.2 Å². The van der Waals surface area contributed by atoms with E-state index in [4.69, 9.17) is 13.7 Å². The number of aliphatic hydroxyl groups is 1. The number of nitrogens with zero attached hydrogens (tertiary/aromatic N) is 3. The lowest BCUT2D eigenvalue weighted by atomic mass is 9.94. The lowest BCUT2D eigenvalue weighted by molar-refractivity contribution is -0.385. The van der Waals surface area contributed by atoms with Crippen LogP contribution in [0, 0.1) is 26.1 Å². The van der Waals surface area contributed by atoms with Crippen LogP contribution in [0.4, 0.5) is 21.0 Å². The smallest absolute Gasteiger partial charge is 0.410 e. The lowest BCUT2D eigenvalue weighted by Gasteiger charge is -2.30. The average Bonchev–Trinajstić information content (AvgIpc) is 3.35. The molecule has 42 heavy (non-hydrogen) atoms. The molecule has 1 fully saturated rings. The number of carbonyl (C=O) groups excluding carboxylic acids is 2. The van der Waals surface area contributed by atoms with Gasteiger partial charge in [0.2, 0.25) is 0 Å². The molecule has 1 heterocycles. The van der Waals surface area contributed by atoms with E-state index in [2.05, 4.69) is 5.32 Å². The predicted molar refractivity (Wildman–Crippen MR) is 145 cm³/mol. The normalized spacial score (nSPS) is 17.3. The number of ether oxygens (including phenoxy) is 2. The number of likely N-dealkylation sites (tertiary alicyclic amines) is 1. The van der Waals surface area contributed by atoms with Crippen LogP contribution in [-0.4, -0.2) is 78.6 Å². The van der Waals surface area contributed by atoms with E-state index in [0.717, 1.165) is 6.26 Å². The minimum atomic E-state index is -3.86. The lowest BCUT2D eigenvalue weighted by Crippen LogP contribution is -2.45. The highest BCUT2D eigenvalue weighted by atomic mass is 32.2. The predicted octanol–water partition coefficient (Wildman–Crippen LogP) is 2.48. The zero-order valence-electron chi connectivity index (χ0n) is 22.5. The second kappa shape index (κ2) is 14.5. The van der Waals surface area contributed by atoms with Gasteiger partial charge in [-0.3, -0.25) is 24.4 Å². The van der Waals surface area contributed by atoms with Crippen molar-refractivity contribution in [3.8, 4) is 0 Å². The maximum Gasteiger partial charge on any atom is 0.410 e. The molecule has 228 valence electrons. The van der Waals surface area contributed by atoms with E-state index in [1.165, 1.54) is 53.4 Å². The van der Waals surface area contributed by atoms with Crippen molar-refractivity contribution in [1.29, 1.82) is 0 Å². The highest BCUT2D eigenvalue weighted by Crippen LogP contribution is 2.30. The van der Waals surface area contributed by atoms with E-state index in [0.29, 0.717) is 11.1 Å². The molecule has 17 heteroatoms. The first-order valence-corrected chi connectivity index (χ1v) is 14.5. The summed E-state index contributed by atoms with van der Waals surface area (Å²) < 4.78 is 39.2. The molecule has 16 nitrogen and oxygen atoms in total. The molecule has 0 aromatic heterocycles. The molecule has 3 rings (SSSR count). The van der Waals surface area contributed by atoms with E-state index in [-0.39, 0.29) is 57.1 Å². The molecule has 2 aromatic rings. The van der Waals surface area contributed by atoms with Crippen LogP contribution in [-0.2, 0) is 37.0 Å². The van der Waals surface area contributed by atoms with Crippen LogP contribution in [0.2, 0.25) is 0 Å². The highest BCUT2D eigenvalue weighted by molar-refractivity contribution is 7.86. The molecule has 0 aliphatic carbocycles. The number of aliphatic hydroxyl groups excluding tert-OH is 1. The van der Waals surface area contributed by atoms with Gasteiger partial charge in [-0.2, -0.15) is 8.42 Å². The quantitative estimate of drug-likeness (QED) is 0.190. The van der Waals surface area contributed by atoms with Crippen molar-refractivity contribution in [3.05, 3.63) is 79.9 Å². The van der Waals surface area contributed by atoms with Crippen LogP contribution in [0.1, 0.15) is 24.0 Å². The zero-order valence-corrected chi connectivity index (χ0v) is 23.3. The molecule has 0 radical (unpaired) electrons. The monoisotopic (exact) mass is 610 g/mol. The summed E-state index contributed by atoms with van der Waals surface area (Å²) in [6.07, 6.45) is -1.43. The highest BCUT2D eigenvalue weighted by Gasteiger charge is 2.42. The van der Waals surface area contributed by atoms with E-state index in [1.807, 2.05) is 0 Å². The van der Waals surface area contributed by atoms with Crippen LogP contribution >= 0.6 is 0 Å². The van der Waals surface area contributed by atoms with Crippen LogP contribution in [0.5, 0.6) is 0 Å². The van der Waals surface area contributed by atoms with Gasteiger partial charge in [0, 0.05) is 43.5 Å². The molecule has 2 aromatic carbocycles. The number of rotatable bonds is 13. The van der Waals surface area contributed by atoms with Gasteiger partial charge in [0.15, 0.2) is 0 Å². The van der Waals surface area contributed by atoms with Gasteiger partial charge < -0.3 is 24.8 Å². The van der Waals surface area contributed by atoms with Crippen LogP contribution in [0.15, 0.2) is 48.5 Å². The number of alkyl carbamates (subject to hydrolysis) is 1. The summed E-state index contributed by atoms with van der Waals surface area (Å²) >= 11 is 0.